The van der Waals surface area contributed by atoms with E-state index in [1.165, 1.54) is 142 Å². The van der Waals surface area contributed by atoms with Crippen LogP contribution in [-0.2, 0) is 14.3 Å². The SMILES string of the molecule is CCCCCCCC/C=C\CCCCCCCC(=O)N(CCCCCCCCCCCCCCCCCC)C1O[C@H](CO)[C@@H](NC(C)=O)[C@H](O)[C@H]1O. The molecule has 52 heavy (non-hydrogen) atoms. The Bertz CT molecular complexity index is 868. The molecular weight excluding hydrogens is 652 g/mol. The second kappa shape index (κ2) is 34.0. The summed E-state index contributed by atoms with van der Waals surface area (Å²) in [5.74, 6) is -0.480. The first-order valence-corrected chi connectivity index (χ1v) is 22.2. The molecule has 0 aromatic carbocycles. The van der Waals surface area contributed by atoms with Crippen molar-refractivity contribution in [2.75, 3.05) is 13.2 Å². The smallest absolute Gasteiger partial charge is 0.224 e. The van der Waals surface area contributed by atoms with Gasteiger partial charge in [0.1, 0.15) is 18.3 Å². The topological polar surface area (TPSA) is 119 Å². The first-order valence-electron chi connectivity index (χ1n) is 22.2. The van der Waals surface area contributed by atoms with Gasteiger partial charge in [-0.2, -0.15) is 0 Å². The third-order valence-electron chi connectivity index (χ3n) is 10.8. The van der Waals surface area contributed by atoms with Crippen LogP contribution in [0, 0.1) is 0 Å². The highest BCUT2D eigenvalue weighted by molar-refractivity contribution is 5.76. The summed E-state index contributed by atoms with van der Waals surface area (Å²) < 4.78 is 6.05. The highest BCUT2D eigenvalue weighted by Gasteiger charge is 2.47. The number of carbonyl (C=O) groups is 2. The van der Waals surface area contributed by atoms with Crippen molar-refractivity contribution >= 4 is 11.8 Å². The Balaban J connectivity index is 2.43. The van der Waals surface area contributed by atoms with Crippen molar-refractivity contribution in [2.24, 2.45) is 0 Å². The van der Waals surface area contributed by atoms with Crippen LogP contribution < -0.4 is 5.32 Å². The fraction of sp³-hybridized carbons (Fsp3) is 0.909. The Morgan fingerprint density at radius 2 is 1.00 bits per heavy atom. The molecule has 1 saturated heterocycles. The molecule has 1 rings (SSSR count). The molecule has 0 spiro atoms. The standard InChI is InChI=1S/C44H84N2O6/c1-4-6-8-10-12-14-16-18-20-22-24-26-28-30-32-34-36-46(44-43(51)42(50)41(45-38(3)48)39(37-47)52-44)40(49)35-33-31-29-27-25-23-21-19-17-15-13-11-9-7-5-2/h19,21,39,41-44,47,50-51H,4-18,20,22-37H2,1-3H3,(H,45,48)/b21-19-/t39-,41-,42+,43-,44?/m1/s1. The van der Waals surface area contributed by atoms with Gasteiger partial charge in [-0.1, -0.05) is 174 Å². The molecule has 306 valence electrons. The molecule has 0 aliphatic carbocycles. The van der Waals surface area contributed by atoms with Gasteiger partial charge < -0.3 is 30.3 Å². The molecule has 0 saturated carbocycles. The summed E-state index contributed by atoms with van der Waals surface area (Å²) in [6, 6.07) is -0.952. The molecule has 0 aromatic heterocycles. The highest BCUT2D eigenvalue weighted by Crippen LogP contribution is 2.26. The molecule has 0 radical (unpaired) electrons. The molecule has 2 amide bonds. The van der Waals surface area contributed by atoms with E-state index >= 15 is 0 Å². The second-order valence-corrected chi connectivity index (χ2v) is 15.7. The van der Waals surface area contributed by atoms with Crippen LogP contribution in [0.2, 0.25) is 0 Å². The first-order chi connectivity index (χ1) is 25.4. The lowest BCUT2D eigenvalue weighted by molar-refractivity contribution is -0.236. The third kappa shape index (κ3) is 24.0. The maximum atomic E-state index is 13.6. The molecule has 1 aliphatic rings. The number of rotatable bonds is 35. The van der Waals surface area contributed by atoms with E-state index in [-0.39, 0.29) is 11.8 Å². The van der Waals surface area contributed by atoms with Crippen LogP contribution in [0.1, 0.15) is 213 Å². The average molecular weight is 737 g/mol. The summed E-state index contributed by atoms with van der Waals surface area (Å²) in [7, 11) is 0. The van der Waals surface area contributed by atoms with Gasteiger partial charge in [0.25, 0.3) is 0 Å². The van der Waals surface area contributed by atoms with Crippen molar-refractivity contribution < 1.29 is 29.6 Å². The van der Waals surface area contributed by atoms with Crippen LogP contribution in [0.25, 0.3) is 0 Å². The zero-order valence-corrected chi connectivity index (χ0v) is 34.2. The second-order valence-electron chi connectivity index (χ2n) is 15.7. The number of allylic oxidation sites excluding steroid dienone is 2. The molecule has 1 aliphatic heterocycles. The average Bonchev–Trinajstić information content (AvgIpc) is 3.13. The monoisotopic (exact) mass is 737 g/mol. The van der Waals surface area contributed by atoms with Gasteiger partial charge >= 0.3 is 0 Å². The fourth-order valence-electron chi connectivity index (χ4n) is 7.49. The summed E-state index contributed by atoms with van der Waals surface area (Å²) in [6.07, 6.45) is 36.0. The van der Waals surface area contributed by atoms with Crippen molar-refractivity contribution in [1.29, 1.82) is 0 Å². The maximum Gasteiger partial charge on any atom is 0.224 e. The Morgan fingerprint density at radius 3 is 1.42 bits per heavy atom. The van der Waals surface area contributed by atoms with Crippen LogP contribution >= 0.6 is 0 Å². The molecular formula is C44H84N2O6. The minimum absolute atomic E-state index is 0.0931. The number of hydrogen-bond donors (Lipinski definition) is 4. The number of hydrogen-bond acceptors (Lipinski definition) is 6. The number of amides is 2. The van der Waals surface area contributed by atoms with Gasteiger partial charge in [-0.05, 0) is 38.5 Å². The molecule has 1 unspecified atom stereocenters. The summed E-state index contributed by atoms with van der Waals surface area (Å²) in [5, 5.41) is 34.6. The Morgan fingerprint density at radius 1 is 0.596 bits per heavy atom. The summed E-state index contributed by atoms with van der Waals surface area (Å²) in [6.45, 7) is 5.83. The predicted molar refractivity (Wildman–Crippen MR) is 216 cm³/mol. The number of ether oxygens (including phenoxy) is 1. The number of aliphatic hydroxyl groups is 3. The van der Waals surface area contributed by atoms with E-state index in [0.29, 0.717) is 13.0 Å². The van der Waals surface area contributed by atoms with Gasteiger partial charge in [-0.3, -0.25) is 9.59 Å². The van der Waals surface area contributed by atoms with Gasteiger partial charge in [0.2, 0.25) is 11.8 Å². The van der Waals surface area contributed by atoms with Crippen LogP contribution in [0.3, 0.4) is 0 Å². The number of aliphatic hydroxyl groups excluding tert-OH is 3. The van der Waals surface area contributed by atoms with Gasteiger partial charge in [-0.25, -0.2) is 0 Å². The summed E-state index contributed by atoms with van der Waals surface area (Å²) >= 11 is 0. The predicted octanol–water partition coefficient (Wildman–Crippen LogP) is 10.1. The molecule has 0 aromatic rings. The minimum Gasteiger partial charge on any atom is -0.394 e. The number of carbonyl (C=O) groups excluding carboxylic acids is 2. The Hall–Kier alpha value is -1.48. The number of nitrogens with zero attached hydrogens (tertiary/aromatic N) is 1. The van der Waals surface area contributed by atoms with Crippen LogP contribution in [0.5, 0.6) is 0 Å². The van der Waals surface area contributed by atoms with Crippen molar-refractivity contribution in [1.82, 2.24) is 10.2 Å². The van der Waals surface area contributed by atoms with Gasteiger partial charge in [0, 0.05) is 19.9 Å². The van der Waals surface area contributed by atoms with E-state index in [1.807, 2.05) is 0 Å². The minimum atomic E-state index is -1.39. The van der Waals surface area contributed by atoms with Crippen molar-refractivity contribution in [3.05, 3.63) is 12.2 Å². The summed E-state index contributed by atoms with van der Waals surface area (Å²) in [4.78, 5) is 26.9. The molecule has 5 atom stereocenters. The fourth-order valence-corrected chi connectivity index (χ4v) is 7.49. The van der Waals surface area contributed by atoms with E-state index in [2.05, 4.69) is 31.3 Å². The third-order valence-corrected chi connectivity index (χ3v) is 10.8. The molecule has 8 heteroatoms. The largest absolute Gasteiger partial charge is 0.394 e. The van der Waals surface area contributed by atoms with Crippen LogP contribution in [0.15, 0.2) is 12.2 Å². The van der Waals surface area contributed by atoms with E-state index in [9.17, 15) is 24.9 Å². The lowest BCUT2D eigenvalue weighted by atomic mass is 9.94. The first kappa shape index (κ1) is 48.5. The van der Waals surface area contributed by atoms with E-state index in [1.54, 1.807) is 4.90 Å². The number of nitrogens with one attached hydrogen (secondary N) is 1. The van der Waals surface area contributed by atoms with E-state index < -0.39 is 37.2 Å². The molecule has 1 heterocycles. The quantitative estimate of drug-likeness (QED) is 0.0380. The highest BCUT2D eigenvalue weighted by atomic mass is 16.5. The van der Waals surface area contributed by atoms with Crippen molar-refractivity contribution in [2.45, 2.75) is 244 Å². The van der Waals surface area contributed by atoms with Gasteiger partial charge in [0.15, 0.2) is 6.23 Å². The zero-order chi connectivity index (χ0) is 38.1. The molecule has 4 N–H and O–H groups in total. The van der Waals surface area contributed by atoms with Crippen LogP contribution in [-0.4, -0.2) is 75.8 Å². The van der Waals surface area contributed by atoms with Crippen molar-refractivity contribution in [3.8, 4) is 0 Å². The molecule has 8 nitrogen and oxygen atoms in total. The molecule has 1 fully saturated rings. The molecule has 0 bridgehead atoms. The van der Waals surface area contributed by atoms with Gasteiger partial charge in [0.05, 0.1) is 12.6 Å². The van der Waals surface area contributed by atoms with E-state index in [0.717, 1.165) is 51.4 Å². The lowest BCUT2D eigenvalue weighted by Gasteiger charge is -2.46. The van der Waals surface area contributed by atoms with Crippen molar-refractivity contribution in [3.63, 3.8) is 0 Å². The summed E-state index contributed by atoms with van der Waals surface area (Å²) in [5.41, 5.74) is 0. The lowest BCUT2D eigenvalue weighted by Crippen LogP contribution is -2.68. The Labute approximate surface area is 320 Å². The Kier molecular flexibility index (Phi) is 31.8. The normalized spacial score (nSPS) is 20.5. The maximum absolute atomic E-state index is 13.6. The van der Waals surface area contributed by atoms with Gasteiger partial charge in [-0.15, -0.1) is 0 Å². The zero-order valence-electron chi connectivity index (χ0n) is 34.2. The van der Waals surface area contributed by atoms with Crippen LogP contribution in [0.4, 0.5) is 0 Å². The number of unbranched alkanes of at least 4 members (excludes halogenated alkanes) is 26. The van der Waals surface area contributed by atoms with E-state index in [4.69, 9.17) is 4.74 Å².